The van der Waals surface area contributed by atoms with Crippen molar-refractivity contribution in [2.45, 2.75) is 11.8 Å². The number of thiophene rings is 1. The topological polar surface area (TPSA) is 78.4 Å². The molecule has 1 amide bonds. The monoisotopic (exact) mass is 452 g/mol. The van der Waals surface area contributed by atoms with Crippen LogP contribution in [0.3, 0.4) is 0 Å². The Labute approximate surface area is 179 Å². The van der Waals surface area contributed by atoms with Gasteiger partial charge in [-0.25, -0.2) is 18.0 Å². The SMILES string of the molecule is Cc1ccc(-c2csc(NC(=O)CNc3ccc(F)cc3S)c2C(=O)O)c(F)c1F. The molecule has 156 valence electrons. The van der Waals surface area contributed by atoms with E-state index in [1.54, 1.807) is 0 Å². The highest BCUT2D eigenvalue weighted by Gasteiger charge is 2.24. The predicted molar refractivity (Wildman–Crippen MR) is 112 cm³/mol. The highest BCUT2D eigenvalue weighted by atomic mass is 32.1. The molecule has 3 rings (SSSR count). The van der Waals surface area contributed by atoms with Gasteiger partial charge in [-0.15, -0.1) is 24.0 Å². The molecule has 0 spiro atoms. The van der Waals surface area contributed by atoms with Crippen LogP contribution in [0.5, 0.6) is 0 Å². The number of hydrogen-bond acceptors (Lipinski definition) is 5. The molecule has 0 unspecified atom stereocenters. The van der Waals surface area contributed by atoms with E-state index >= 15 is 0 Å². The summed E-state index contributed by atoms with van der Waals surface area (Å²) in [6.45, 7) is 1.14. The summed E-state index contributed by atoms with van der Waals surface area (Å²) in [4.78, 5) is 24.3. The lowest BCUT2D eigenvalue weighted by Gasteiger charge is -2.10. The van der Waals surface area contributed by atoms with Crippen LogP contribution in [0.1, 0.15) is 15.9 Å². The molecule has 0 radical (unpaired) electrons. The lowest BCUT2D eigenvalue weighted by atomic mass is 10.0. The Morgan fingerprint density at radius 2 is 1.83 bits per heavy atom. The van der Waals surface area contributed by atoms with Gasteiger partial charge in [-0.05, 0) is 30.7 Å². The molecule has 0 atom stereocenters. The number of carbonyl (C=O) groups excluding carboxylic acids is 1. The number of rotatable bonds is 6. The van der Waals surface area contributed by atoms with Crippen LogP contribution in [0, 0.1) is 24.4 Å². The molecule has 3 N–H and O–H groups in total. The van der Waals surface area contributed by atoms with Crippen molar-refractivity contribution in [3.8, 4) is 11.1 Å². The fraction of sp³-hybridized carbons (Fsp3) is 0.100. The summed E-state index contributed by atoms with van der Waals surface area (Å²) < 4.78 is 41.4. The fourth-order valence-corrected chi connectivity index (χ4v) is 3.96. The number of carboxylic acids is 1. The Kier molecular flexibility index (Phi) is 6.37. The Morgan fingerprint density at radius 1 is 1.10 bits per heavy atom. The van der Waals surface area contributed by atoms with Gasteiger partial charge in [-0.1, -0.05) is 12.1 Å². The second-order valence-electron chi connectivity index (χ2n) is 6.28. The molecule has 10 heteroatoms. The minimum Gasteiger partial charge on any atom is -0.478 e. The Morgan fingerprint density at radius 3 is 2.50 bits per heavy atom. The first kappa shape index (κ1) is 21.7. The Hall–Kier alpha value is -2.98. The molecule has 0 saturated carbocycles. The first-order valence-electron chi connectivity index (χ1n) is 8.51. The second-order valence-corrected chi connectivity index (χ2v) is 7.64. The largest absolute Gasteiger partial charge is 0.478 e. The van der Waals surface area contributed by atoms with Crippen LogP contribution in [-0.2, 0) is 4.79 Å². The Balaban J connectivity index is 1.82. The molecular formula is C20H15F3N2O3S2. The van der Waals surface area contributed by atoms with Gasteiger partial charge in [0, 0.05) is 27.1 Å². The van der Waals surface area contributed by atoms with Crippen molar-refractivity contribution in [2.24, 2.45) is 0 Å². The zero-order valence-corrected chi connectivity index (χ0v) is 17.1. The number of halogens is 3. The standard InChI is InChI=1S/C20H15F3N2O3S2/c1-9-2-4-11(18(23)17(9)22)12-8-30-19(16(12)20(27)28)25-15(26)7-24-13-5-3-10(21)6-14(13)29/h2-6,8,24,29H,7H2,1H3,(H,25,26)(H,27,28). The average Bonchev–Trinajstić information content (AvgIpc) is 3.09. The molecule has 0 fully saturated rings. The molecule has 1 aromatic heterocycles. The number of nitrogens with one attached hydrogen (secondary N) is 2. The van der Waals surface area contributed by atoms with E-state index in [0.29, 0.717) is 10.6 Å². The molecular weight excluding hydrogens is 437 g/mol. The van der Waals surface area contributed by atoms with Crippen LogP contribution in [0.25, 0.3) is 11.1 Å². The number of aryl methyl sites for hydroxylation is 1. The van der Waals surface area contributed by atoms with Crippen molar-refractivity contribution in [1.82, 2.24) is 0 Å². The third-order valence-electron chi connectivity index (χ3n) is 4.22. The van der Waals surface area contributed by atoms with Gasteiger partial charge < -0.3 is 15.7 Å². The van der Waals surface area contributed by atoms with E-state index in [-0.39, 0.29) is 33.8 Å². The van der Waals surface area contributed by atoms with E-state index in [0.717, 1.165) is 11.3 Å². The third kappa shape index (κ3) is 4.44. The summed E-state index contributed by atoms with van der Waals surface area (Å²) in [7, 11) is 0. The van der Waals surface area contributed by atoms with Crippen LogP contribution < -0.4 is 10.6 Å². The van der Waals surface area contributed by atoms with Crippen LogP contribution in [0.2, 0.25) is 0 Å². The van der Waals surface area contributed by atoms with Crippen LogP contribution in [-0.4, -0.2) is 23.5 Å². The maximum atomic E-state index is 14.3. The smallest absolute Gasteiger partial charge is 0.339 e. The van der Waals surface area contributed by atoms with Gasteiger partial charge in [0.25, 0.3) is 0 Å². The number of hydrogen-bond donors (Lipinski definition) is 4. The van der Waals surface area contributed by atoms with Crippen molar-refractivity contribution in [2.75, 3.05) is 17.2 Å². The molecule has 0 aliphatic carbocycles. The molecule has 5 nitrogen and oxygen atoms in total. The molecule has 0 bridgehead atoms. The van der Waals surface area contributed by atoms with Crippen LogP contribution in [0.4, 0.5) is 23.9 Å². The molecule has 2 aromatic carbocycles. The zero-order valence-electron chi connectivity index (χ0n) is 15.4. The van der Waals surface area contributed by atoms with Crippen molar-refractivity contribution >= 4 is 46.5 Å². The number of anilines is 2. The Bertz CT molecular complexity index is 1150. The van der Waals surface area contributed by atoms with Gasteiger partial charge in [0.1, 0.15) is 16.4 Å². The zero-order chi connectivity index (χ0) is 22.0. The molecule has 0 saturated heterocycles. The molecule has 3 aromatic rings. The van der Waals surface area contributed by atoms with E-state index in [1.165, 1.54) is 42.6 Å². The predicted octanol–water partition coefficient (Wildman–Crippen LogP) is 5.18. The number of aromatic carboxylic acids is 1. The van der Waals surface area contributed by atoms with Gasteiger partial charge in [-0.3, -0.25) is 4.79 Å². The van der Waals surface area contributed by atoms with Gasteiger partial charge >= 0.3 is 5.97 Å². The summed E-state index contributed by atoms with van der Waals surface area (Å²) in [6, 6.07) is 6.41. The highest BCUT2D eigenvalue weighted by Crippen LogP contribution is 2.37. The van der Waals surface area contributed by atoms with Gasteiger partial charge in [0.2, 0.25) is 5.91 Å². The summed E-state index contributed by atoms with van der Waals surface area (Å²) in [5, 5.41) is 16.1. The first-order chi connectivity index (χ1) is 14.2. The van der Waals surface area contributed by atoms with Gasteiger partial charge in [0.15, 0.2) is 11.6 Å². The summed E-state index contributed by atoms with van der Waals surface area (Å²) in [6.07, 6.45) is 0. The summed E-state index contributed by atoms with van der Waals surface area (Å²) in [5.74, 6) is -4.68. The number of amides is 1. The van der Waals surface area contributed by atoms with Crippen LogP contribution in [0.15, 0.2) is 40.6 Å². The number of carbonyl (C=O) groups is 2. The highest BCUT2D eigenvalue weighted by molar-refractivity contribution is 7.80. The first-order valence-corrected chi connectivity index (χ1v) is 9.83. The van der Waals surface area contributed by atoms with E-state index in [4.69, 9.17) is 0 Å². The van der Waals surface area contributed by atoms with Gasteiger partial charge in [0.05, 0.1) is 6.54 Å². The lowest BCUT2D eigenvalue weighted by molar-refractivity contribution is -0.114. The third-order valence-corrected chi connectivity index (χ3v) is 5.49. The van der Waals surface area contributed by atoms with Crippen LogP contribution >= 0.6 is 24.0 Å². The second kappa shape index (κ2) is 8.80. The lowest BCUT2D eigenvalue weighted by Crippen LogP contribution is -2.22. The van der Waals surface area contributed by atoms with Crippen molar-refractivity contribution in [3.05, 3.63) is 64.3 Å². The van der Waals surface area contributed by atoms with Gasteiger partial charge in [-0.2, -0.15) is 0 Å². The van der Waals surface area contributed by atoms with Crippen molar-refractivity contribution < 1.29 is 27.9 Å². The fourth-order valence-electron chi connectivity index (χ4n) is 2.72. The number of thiol groups is 1. The van der Waals surface area contributed by atoms with E-state index < -0.39 is 29.3 Å². The molecule has 0 aliphatic rings. The van der Waals surface area contributed by atoms with Crippen molar-refractivity contribution in [1.29, 1.82) is 0 Å². The normalized spacial score (nSPS) is 10.7. The minimum atomic E-state index is -1.40. The number of benzene rings is 2. The minimum absolute atomic E-state index is 0.0186. The van der Waals surface area contributed by atoms with E-state index in [9.17, 15) is 27.9 Å². The van der Waals surface area contributed by atoms with Crippen molar-refractivity contribution in [3.63, 3.8) is 0 Å². The summed E-state index contributed by atoms with van der Waals surface area (Å²) in [5.41, 5.74) is -0.0865. The van der Waals surface area contributed by atoms with E-state index in [2.05, 4.69) is 23.3 Å². The molecule has 1 heterocycles. The quantitative estimate of drug-likeness (QED) is 0.389. The van der Waals surface area contributed by atoms with E-state index in [1.807, 2.05) is 0 Å². The maximum Gasteiger partial charge on any atom is 0.339 e. The maximum absolute atomic E-state index is 14.3. The average molecular weight is 452 g/mol. The number of carboxylic acid groups (broad SMARTS) is 1. The molecule has 30 heavy (non-hydrogen) atoms. The summed E-state index contributed by atoms with van der Waals surface area (Å²) >= 11 is 4.98. The molecule has 0 aliphatic heterocycles.